The Morgan fingerprint density at radius 2 is 2.04 bits per heavy atom. The van der Waals surface area contributed by atoms with Gasteiger partial charge in [0.1, 0.15) is 0 Å². The Hall–Kier alpha value is -2.87. The monoisotopic (exact) mass is 384 g/mol. The molecule has 2 N–H and O–H groups in total. The van der Waals surface area contributed by atoms with Crippen molar-refractivity contribution in [3.05, 3.63) is 52.8 Å². The number of aliphatic carboxylic acids is 1. The molecule has 0 spiro atoms. The van der Waals surface area contributed by atoms with Gasteiger partial charge in [-0.15, -0.1) is 11.8 Å². The van der Waals surface area contributed by atoms with Crippen LogP contribution < -0.4 is 5.32 Å². The zero-order chi connectivity index (χ0) is 19.6. The first kappa shape index (κ1) is 18.9. The molecule has 0 aliphatic heterocycles. The van der Waals surface area contributed by atoms with Crippen LogP contribution in [0, 0.1) is 13.8 Å². The molecule has 0 bridgehead atoms. The molecule has 0 fully saturated rings. The molecule has 0 saturated carbocycles. The Kier molecular flexibility index (Phi) is 5.46. The van der Waals surface area contributed by atoms with Gasteiger partial charge in [0.25, 0.3) is 5.91 Å². The Bertz CT molecular complexity index is 1030. The molecule has 0 radical (unpaired) electrons. The molecule has 27 heavy (non-hydrogen) atoms. The molecule has 8 heteroatoms. The average Bonchev–Trinajstić information content (AvgIpc) is 2.88. The number of hydrogen-bond acceptors (Lipinski definition) is 5. The maximum absolute atomic E-state index is 12.9. The highest BCUT2D eigenvalue weighted by Gasteiger charge is 2.18. The van der Waals surface area contributed by atoms with Crippen molar-refractivity contribution in [3.8, 4) is 0 Å². The van der Waals surface area contributed by atoms with E-state index in [1.54, 1.807) is 10.7 Å². The predicted octanol–water partition coefficient (Wildman–Crippen LogP) is 3.16. The number of thioether (sulfide) groups is 1. The number of aryl methyl sites for hydroxylation is 3. The number of pyridine rings is 1. The van der Waals surface area contributed by atoms with Gasteiger partial charge in [-0.2, -0.15) is 5.10 Å². The standard InChI is InChI=1S/C19H20N4O3S/c1-11-7-15(17-12(2)22-23(3)18(17)20-11)19(26)21-14-6-4-5-13(8-14)9-27-10-16(24)25/h4-8H,9-10H2,1-3H3,(H,21,26)(H,24,25). The number of carbonyl (C=O) groups is 2. The molecule has 1 amide bonds. The van der Waals surface area contributed by atoms with E-state index in [4.69, 9.17) is 5.11 Å². The van der Waals surface area contributed by atoms with Crippen LogP contribution in [0.5, 0.6) is 0 Å². The fourth-order valence-electron chi connectivity index (χ4n) is 2.94. The second-order valence-electron chi connectivity index (χ2n) is 6.26. The summed E-state index contributed by atoms with van der Waals surface area (Å²) in [5.41, 5.74) is 4.33. The number of carboxylic acid groups (broad SMARTS) is 1. The van der Waals surface area contributed by atoms with Crippen molar-refractivity contribution < 1.29 is 14.7 Å². The van der Waals surface area contributed by atoms with E-state index < -0.39 is 5.97 Å². The second-order valence-corrected chi connectivity index (χ2v) is 7.25. The van der Waals surface area contributed by atoms with Gasteiger partial charge < -0.3 is 10.4 Å². The summed E-state index contributed by atoms with van der Waals surface area (Å²) in [6.45, 7) is 3.70. The molecule has 140 valence electrons. The van der Waals surface area contributed by atoms with Crippen LogP contribution in [-0.2, 0) is 17.6 Å². The molecule has 0 saturated heterocycles. The molecule has 0 atom stereocenters. The molecule has 1 aromatic carbocycles. The van der Waals surface area contributed by atoms with E-state index in [1.807, 2.05) is 45.2 Å². The van der Waals surface area contributed by atoms with Gasteiger partial charge in [-0.25, -0.2) is 4.98 Å². The minimum atomic E-state index is -0.839. The third kappa shape index (κ3) is 4.28. The summed E-state index contributed by atoms with van der Waals surface area (Å²) in [5, 5.41) is 16.8. The number of anilines is 1. The van der Waals surface area contributed by atoms with Crippen LogP contribution >= 0.6 is 11.8 Å². The molecular formula is C19H20N4O3S. The largest absolute Gasteiger partial charge is 0.481 e. The third-order valence-corrected chi connectivity index (χ3v) is 5.01. The lowest BCUT2D eigenvalue weighted by atomic mass is 10.1. The number of fused-ring (bicyclic) bond motifs is 1. The van der Waals surface area contributed by atoms with Crippen molar-refractivity contribution in [1.82, 2.24) is 14.8 Å². The zero-order valence-electron chi connectivity index (χ0n) is 15.3. The van der Waals surface area contributed by atoms with Gasteiger partial charge >= 0.3 is 5.97 Å². The summed E-state index contributed by atoms with van der Waals surface area (Å²) >= 11 is 1.32. The van der Waals surface area contributed by atoms with Gasteiger partial charge in [-0.05, 0) is 37.6 Å². The predicted molar refractivity (Wildman–Crippen MR) is 106 cm³/mol. The smallest absolute Gasteiger partial charge is 0.313 e. The first-order chi connectivity index (χ1) is 12.8. The first-order valence-corrected chi connectivity index (χ1v) is 9.51. The fourth-order valence-corrected chi connectivity index (χ4v) is 3.63. The highest BCUT2D eigenvalue weighted by atomic mass is 32.2. The van der Waals surface area contributed by atoms with Gasteiger partial charge in [0, 0.05) is 24.2 Å². The second kappa shape index (κ2) is 7.79. The van der Waals surface area contributed by atoms with E-state index in [2.05, 4.69) is 15.4 Å². The third-order valence-electron chi connectivity index (χ3n) is 4.02. The van der Waals surface area contributed by atoms with Crippen molar-refractivity contribution in [2.45, 2.75) is 19.6 Å². The minimum absolute atomic E-state index is 0.0468. The number of carbonyl (C=O) groups excluding carboxylic acids is 1. The summed E-state index contributed by atoms with van der Waals surface area (Å²) in [6.07, 6.45) is 0. The molecular weight excluding hydrogens is 364 g/mol. The summed E-state index contributed by atoms with van der Waals surface area (Å²) in [4.78, 5) is 28.0. The molecule has 0 aliphatic carbocycles. The van der Waals surface area contributed by atoms with Crippen LogP contribution in [0.3, 0.4) is 0 Å². The number of rotatable bonds is 6. The van der Waals surface area contributed by atoms with Crippen molar-refractivity contribution in [2.24, 2.45) is 7.05 Å². The highest BCUT2D eigenvalue weighted by Crippen LogP contribution is 2.23. The quantitative estimate of drug-likeness (QED) is 0.678. The Morgan fingerprint density at radius 1 is 1.26 bits per heavy atom. The van der Waals surface area contributed by atoms with Crippen LogP contribution in [0.4, 0.5) is 5.69 Å². The maximum Gasteiger partial charge on any atom is 0.313 e. The van der Waals surface area contributed by atoms with Crippen molar-refractivity contribution >= 4 is 40.4 Å². The Morgan fingerprint density at radius 3 is 2.78 bits per heavy atom. The molecule has 7 nitrogen and oxygen atoms in total. The lowest BCUT2D eigenvalue weighted by Gasteiger charge is -2.09. The van der Waals surface area contributed by atoms with Crippen molar-refractivity contribution in [1.29, 1.82) is 0 Å². The topological polar surface area (TPSA) is 97.1 Å². The van der Waals surface area contributed by atoms with E-state index >= 15 is 0 Å². The van der Waals surface area contributed by atoms with Crippen LogP contribution in [-0.4, -0.2) is 37.5 Å². The van der Waals surface area contributed by atoms with E-state index in [0.717, 1.165) is 22.3 Å². The summed E-state index contributed by atoms with van der Waals surface area (Å²) < 4.78 is 1.68. The lowest BCUT2D eigenvalue weighted by molar-refractivity contribution is -0.133. The van der Waals surface area contributed by atoms with Crippen molar-refractivity contribution in [3.63, 3.8) is 0 Å². The number of nitrogens with one attached hydrogen (secondary N) is 1. The van der Waals surface area contributed by atoms with E-state index in [0.29, 0.717) is 22.7 Å². The van der Waals surface area contributed by atoms with Gasteiger partial charge in [-0.1, -0.05) is 12.1 Å². The van der Waals surface area contributed by atoms with E-state index in [-0.39, 0.29) is 11.7 Å². The number of hydrogen-bond donors (Lipinski definition) is 2. The number of nitrogens with zero attached hydrogens (tertiary/aromatic N) is 3. The lowest BCUT2D eigenvalue weighted by Crippen LogP contribution is -2.13. The van der Waals surface area contributed by atoms with Crippen LogP contribution in [0.2, 0.25) is 0 Å². The van der Waals surface area contributed by atoms with Crippen molar-refractivity contribution in [2.75, 3.05) is 11.1 Å². The van der Waals surface area contributed by atoms with E-state index in [1.165, 1.54) is 11.8 Å². The average molecular weight is 384 g/mol. The maximum atomic E-state index is 12.9. The molecule has 0 unspecified atom stereocenters. The van der Waals surface area contributed by atoms with Crippen LogP contribution in [0.1, 0.15) is 27.3 Å². The first-order valence-electron chi connectivity index (χ1n) is 8.36. The SMILES string of the molecule is Cc1cc(C(=O)Nc2cccc(CSCC(=O)O)c2)c2c(C)nn(C)c2n1. The molecule has 2 heterocycles. The van der Waals surface area contributed by atoms with Gasteiger partial charge in [0.05, 0.1) is 22.4 Å². The molecule has 3 rings (SSSR count). The summed E-state index contributed by atoms with van der Waals surface area (Å²) in [6, 6.07) is 9.18. The minimum Gasteiger partial charge on any atom is -0.481 e. The fraction of sp³-hybridized carbons (Fsp3) is 0.263. The van der Waals surface area contributed by atoms with Gasteiger partial charge in [0.15, 0.2) is 5.65 Å². The van der Waals surface area contributed by atoms with E-state index in [9.17, 15) is 9.59 Å². The number of amides is 1. The van der Waals surface area contributed by atoms with Gasteiger partial charge in [-0.3, -0.25) is 14.3 Å². The number of benzene rings is 1. The van der Waals surface area contributed by atoms with Crippen LogP contribution in [0.15, 0.2) is 30.3 Å². The number of aromatic nitrogens is 3. The molecule has 2 aromatic heterocycles. The normalized spacial score (nSPS) is 10.9. The zero-order valence-corrected chi connectivity index (χ0v) is 16.1. The Balaban J connectivity index is 1.84. The molecule has 3 aromatic rings. The molecule has 0 aliphatic rings. The highest BCUT2D eigenvalue weighted by molar-refractivity contribution is 7.99. The Labute approximate surface area is 160 Å². The summed E-state index contributed by atoms with van der Waals surface area (Å²) in [7, 11) is 1.81. The summed E-state index contributed by atoms with van der Waals surface area (Å²) in [5.74, 6) is -0.452. The van der Waals surface area contributed by atoms with Crippen LogP contribution in [0.25, 0.3) is 11.0 Å². The number of carboxylic acids is 1. The van der Waals surface area contributed by atoms with Gasteiger partial charge in [0.2, 0.25) is 0 Å².